The van der Waals surface area contributed by atoms with E-state index in [0.29, 0.717) is 39.3 Å². The zero-order valence-corrected chi connectivity index (χ0v) is 18.9. The minimum absolute atomic E-state index is 0.121. The van der Waals surface area contributed by atoms with Crippen molar-refractivity contribution in [2.75, 3.05) is 11.9 Å². The van der Waals surface area contributed by atoms with Crippen molar-refractivity contribution in [2.45, 2.75) is 6.92 Å². The van der Waals surface area contributed by atoms with Gasteiger partial charge < -0.3 is 10.1 Å². The second-order valence-electron chi connectivity index (χ2n) is 7.56. The molecule has 0 spiro atoms. The van der Waals surface area contributed by atoms with Gasteiger partial charge in [0.15, 0.2) is 12.3 Å². The number of hydrogen-bond acceptors (Lipinski definition) is 6. The highest BCUT2D eigenvalue weighted by molar-refractivity contribution is 6.31. The summed E-state index contributed by atoms with van der Waals surface area (Å²) < 4.78 is 7.24. The monoisotopic (exact) mass is 470 g/mol. The number of anilines is 1. The van der Waals surface area contributed by atoms with Crippen LogP contribution in [-0.2, 0) is 4.79 Å². The predicted molar refractivity (Wildman–Crippen MR) is 130 cm³/mol. The molecular formula is C25H19ClN6O2. The third-order valence-corrected chi connectivity index (χ3v) is 5.52. The zero-order valence-electron chi connectivity index (χ0n) is 18.1. The van der Waals surface area contributed by atoms with Crippen molar-refractivity contribution in [1.82, 2.24) is 24.8 Å². The molecule has 0 unspecified atom stereocenters. The van der Waals surface area contributed by atoms with Gasteiger partial charge in [-0.3, -0.25) is 9.78 Å². The van der Waals surface area contributed by atoms with E-state index in [4.69, 9.17) is 21.4 Å². The Kier molecular flexibility index (Phi) is 5.88. The van der Waals surface area contributed by atoms with E-state index < -0.39 is 0 Å². The van der Waals surface area contributed by atoms with Crippen LogP contribution in [0.25, 0.3) is 28.4 Å². The lowest BCUT2D eigenvalue weighted by molar-refractivity contribution is -0.118. The first kappa shape index (κ1) is 21.5. The molecule has 2 aromatic carbocycles. The van der Waals surface area contributed by atoms with Gasteiger partial charge >= 0.3 is 0 Å². The number of aromatic nitrogens is 5. The molecule has 5 aromatic rings. The molecule has 8 nitrogen and oxygen atoms in total. The maximum absolute atomic E-state index is 12.4. The summed E-state index contributed by atoms with van der Waals surface area (Å²) in [5.41, 5.74) is 4.34. The number of fused-ring (bicyclic) bond motifs is 1. The molecule has 0 aliphatic carbocycles. The second-order valence-corrected chi connectivity index (χ2v) is 7.96. The van der Waals surface area contributed by atoms with Crippen molar-refractivity contribution < 1.29 is 9.53 Å². The molecule has 3 aromatic heterocycles. The van der Waals surface area contributed by atoms with Crippen LogP contribution in [0.15, 0.2) is 79.0 Å². The van der Waals surface area contributed by atoms with Gasteiger partial charge in [0.25, 0.3) is 5.91 Å². The molecule has 5 rings (SSSR count). The van der Waals surface area contributed by atoms with Gasteiger partial charge in [0.1, 0.15) is 11.4 Å². The van der Waals surface area contributed by atoms with Crippen molar-refractivity contribution in [3.63, 3.8) is 0 Å². The summed E-state index contributed by atoms with van der Waals surface area (Å²) in [6, 6.07) is 22.0. The molecule has 0 saturated heterocycles. The molecule has 0 bridgehead atoms. The molecule has 0 aliphatic rings. The first-order chi connectivity index (χ1) is 16.6. The molecule has 1 amide bonds. The van der Waals surface area contributed by atoms with Gasteiger partial charge in [0, 0.05) is 22.5 Å². The number of carbonyl (C=O) groups excluding carboxylic acids is 1. The van der Waals surface area contributed by atoms with E-state index in [1.165, 1.54) is 0 Å². The molecule has 168 valence electrons. The van der Waals surface area contributed by atoms with E-state index in [0.717, 1.165) is 11.1 Å². The summed E-state index contributed by atoms with van der Waals surface area (Å²) in [4.78, 5) is 16.8. The lowest BCUT2D eigenvalue weighted by Gasteiger charge is -2.10. The smallest absolute Gasteiger partial charge is 0.262 e. The summed E-state index contributed by atoms with van der Waals surface area (Å²) >= 11 is 6.03. The first-order valence-corrected chi connectivity index (χ1v) is 10.9. The largest absolute Gasteiger partial charge is 0.484 e. The van der Waals surface area contributed by atoms with E-state index in [9.17, 15) is 4.79 Å². The van der Waals surface area contributed by atoms with Crippen molar-refractivity contribution in [3.05, 3.63) is 89.6 Å². The number of halogens is 1. The Labute approximate surface area is 200 Å². The van der Waals surface area contributed by atoms with Gasteiger partial charge in [0.05, 0.1) is 5.69 Å². The SMILES string of the molecule is Cc1cc(OCC(=O)Nc2cccc(-c3ccc4nnc(-c5ccccn5)n4n3)c2)ccc1Cl. The van der Waals surface area contributed by atoms with E-state index in [1.807, 2.05) is 61.5 Å². The molecule has 9 heteroatoms. The molecule has 0 fully saturated rings. The van der Waals surface area contributed by atoms with Crippen molar-refractivity contribution in [1.29, 1.82) is 0 Å². The van der Waals surface area contributed by atoms with Crippen molar-refractivity contribution in [2.24, 2.45) is 0 Å². The summed E-state index contributed by atoms with van der Waals surface area (Å²) in [5.74, 6) is 0.863. The number of ether oxygens (including phenoxy) is 1. The van der Waals surface area contributed by atoms with E-state index in [2.05, 4.69) is 20.5 Å². The van der Waals surface area contributed by atoms with Gasteiger partial charge in [-0.05, 0) is 67.1 Å². The van der Waals surface area contributed by atoms with Gasteiger partial charge in [0.2, 0.25) is 5.82 Å². The fraction of sp³-hybridized carbons (Fsp3) is 0.0800. The number of nitrogens with zero attached hydrogens (tertiary/aromatic N) is 5. The minimum atomic E-state index is -0.274. The van der Waals surface area contributed by atoms with Crippen LogP contribution in [0, 0.1) is 6.92 Å². The molecule has 0 atom stereocenters. The molecule has 1 N–H and O–H groups in total. The van der Waals surface area contributed by atoms with Crippen LogP contribution in [0.1, 0.15) is 5.56 Å². The number of hydrogen-bond donors (Lipinski definition) is 1. The Balaban J connectivity index is 1.33. The summed E-state index contributed by atoms with van der Waals surface area (Å²) in [6.45, 7) is 1.76. The average molecular weight is 471 g/mol. The Bertz CT molecular complexity index is 1490. The number of benzene rings is 2. The van der Waals surface area contributed by atoms with Gasteiger partial charge in [-0.2, -0.15) is 9.61 Å². The molecule has 34 heavy (non-hydrogen) atoms. The van der Waals surface area contributed by atoms with Gasteiger partial charge in [-0.25, -0.2) is 0 Å². The number of carbonyl (C=O) groups is 1. The number of rotatable bonds is 6. The molecule has 3 heterocycles. The summed E-state index contributed by atoms with van der Waals surface area (Å²) in [7, 11) is 0. The van der Waals surface area contributed by atoms with E-state index >= 15 is 0 Å². The number of nitrogens with one attached hydrogen (secondary N) is 1. The van der Waals surface area contributed by atoms with E-state index in [-0.39, 0.29) is 12.5 Å². The maximum Gasteiger partial charge on any atom is 0.262 e. The average Bonchev–Trinajstić information content (AvgIpc) is 3.29. The fourth-order valence-electron chi connectivity index (χ4n) is 3.41. The lowest BCUT2D eigenvalue weighted by atomic mass is 10.1. The van der Waals surface area contributed by atoms with Crippen molar-refractivity contribution in [3.8, 4) is 28.5 Å². The Morgan fingerprint density at radius 3 is 2.74 bits per heavy atom. The summed E-state index contributed by atoms with van der Waals surface area (Å²) in [6.07, 6.45) is 1.70. The quantitative estimate of drug-likeness (QED) is 0.382. The normalized spacial score (nSPS) is 10.9. The molecule has 0 aliphatic heterocycles. The second kappa shape index (κ2) is 9.29. The van der Waals surface area contributed by atoms with Crippen LogP contribution in [0.4, 0.5) is 5.69 Å². The van der Waals surface area contributed by atoms with Crippen LogP contribution in [0.5, 0.6) is 5.75 Å². The molecule has 0 radical (unpaired) electrons. The van der Waals surface area contributed by atoms with Crippen LogP contribution in [0.2, 0.25) is 5.02 Å². The predicted octanol–water partition coefficient (Wildman–Crippen LogP) is 4.83. The van der Waals surface area contributed by atoms with Crippen LogP contribution >= 0.6 is 11.6 Å². The zero-order chi connectivity index (χ0) is 23.5. The van der Waals surface area contributed by atoms with Crippen LogP contribution in [-0.4, -0.2) is 37.3 Å². The molecule has 0 saturated carbocycles. The highest BCUT2D eigenvalue weighted by Crippen LogP contribution is 2.24. The Hall–Kier alpha value is -4.30. The lowest BCUT2D eigenvalue weighted by Crippen LogP contribution is -2.20. The summed E-state index contributed by atoms with van der Waals surface area (Å²) in [5, 5.41) is 16.6. The first-order valence-electron chi connectivity index (χ1n) is 10.5. The van der Waals surface area contributed by atoms with Crippen molar-refractivity contribution >= 4 is 28.8 Å². The highest BCUT2D eigenvalue weighted by Gasteiger charge is 2.12. The van der Waals surface area contributed by atoms with Crippen LogP contribution in [0.3, 0.4) is 0 Å². The Morgan fingerprint density at radius 2 is 1.91 bits per heavy atom. The minimum Gasteiger partial charge on any atom is -0.484 e. The fourth-order valence-corrected chi connectivity index (χ4v) is 3.52. The third kappa shape index (κ3) is 4.57. The number of amides is 1. The third-order valence-electron chi connectivity index (χ3n) is 5.10. The molecular weight excluding hydrogens is 452 g/mol. The van der Waals surface area contributed by atoms with Crippen LogP contribution < -0.4 is 10.1 Å². The van der Waals surface area contributed by atoms with E-state index in [1.54, 1.807) is 28.9 Å². The number of aryl methyl sites for hydroxylation is 1. The Morgan fingerprint density at radius 1 is 1.00 bits per heavy atom. The standard InChI is InChI=1S/C25H19ClN6O2/c1-16-13-19(8-9-20(16)26)34-15-24(33)28-18-6-4-5-17(14-18)21-10-11-23-29-30-25(32(23)31-21)22-7-2-3-12-27-22/h2-14H,15H2,1H3,(H,28,33). The maximum atomic E-state index is 12.4. The highest BCUT2D eigenvalue weighted by atomic mass is 35.5. The topological polar surface area (TPSA) is 94.3 Å². The number of pyridine rings is 1. The van der Waals surface area contributed by atoms with Gasteiger partial charge in [-0.15, -0.1) is 10.2 Å². The van der Waals surface area contributed by atoms with Gasteiger partial charge in [-0.1, -0.05) is 29.8 Å².